The van der Waals surface area contributed by atoms with E-state index < -0.39 is 5.60 Å². The number of nitrogens with one attached hydrogen (secondary N) is 1. The molecule has 0 spiro atoms. The molecule has 1 saturated carbocycles. The van der Waals surface area contributed by atoms with Crippen molar-refractivity contribution in [2.75, 3.05) is 5.32 Å². The van der Waals surface area contributed by atoms with E-state index in [4.69, 9.17) is 10.7 Å². The molecule has 0 bridgehead atoms. The maximum atomic E-state index is 11.3. The molecule has 1 aromatic carbocycles. The van der Waals surface area contributed by atoms with Crippen molar-refractivity contribution in [1.82, 2.24) is 14.5 Å². The lowest BCUT2D eigenvalue weighted by atomic mass is 9.86. The number of hydrogen-bond acceptors (Lipinski definition) is 5. The summed E-state index contributed by atoms with van der Waals surface area (Å²) in [7, 11) is 0. The number of hydrogen-bond donors (Lipinski definition) is 3. The van der Waals surface area contributed by atoms with Gasteiger partial charge in [-0.25, -0.2) is 4.98 Å². The molecule has 2 heterocycles. The number of anilines is 1. The van der Waals surface area contributed by atoms with E-state index >= 15 is 0 Å². The van der Waals surface area contributed by atoms with Crippen molar-refractivity contribution in [3.63, 3.8) is 0 Å². The molecular weight excluding hydrogens is 366 g/mol. The molecule has 0 unspecified atom stereocenters. The largest absolute Gasteiger partial charge is 0.386 e. The number of carbonyl (C=O) groups is 1. The Bertz CT molecular complexity index is 1030. The van der Waals surface area contributed by atoms with Crippen molar-refractivity contribution in [3.05, 3.63) is 48.3 Å². The number of amides is 1. The summed E-state index contributed by atoms with van der Waals surface area (Å²) in [6, 6.07) is 10.0. The third kappa shape index (κ3) is 3.96. The normalized spacial score (nSPS) is 20.0. The van der Waals surface area contributed by atoms with E-state index in [0.717, 1.165) is 48.0 Å². The maximum absolute atomic E-state index is 11.3. The Morgan fingerprint density at radius 1 is 1.21 bits per heavy atom. The van der Waals surface area contributed by atoms with Crippen LogP contribution in [0.1, 0.15) is 45.1 Å². The molecule has 1 fully saturated rings. The SMILES string of the molecule is CC(C)(O)c1cccc2c1ccn2-c1ccnc(NC2CCC(C(N)=O)CC2)n1. The Labute approximate surface area is 170 Å². The number of benzene rings is 1. The fourth-order valence-electron chi connectivity index (χ4n) is 4.16. The summed E-state index contributed by atoms with van der Waals surface area (Å²) >= 11 is 0. The van der Waals surface area contributed by atoms with Gasteiger partial charge in [-0.3, -0.25) is 4.79 Å². The molecule has 7 heteroatoms. The number of nitrogens with two attached hydrogens (primary N) is 1. The molecule has 0 radical (unpaired) electrons. The third-order valence-electron chi connectivity index (χ3n) is 5.74. The van der Waals surface area contributed by atoms with E-state index in [0.29, 0.717) is 5.95 Å². The predicted octanol–water partition coefficient (Wildman–Crippen LogP) is 3.10. The summed E-state index contributed by atoms with van der Waals surface area (Å²) in [5.74, 6) is 1.12. The van der Waals surface area contributed by atoms with Crippen LogP contribution in [0.2, 0.25) is 0 Å². The highest BCUT2D eigenvalue weighted by molar-refractivity contribution is 5.85. The molecule has 3 aromatic rings. The minimum absolute atomic E-state index is 0.0171. The summed E-state index contributed by atoms with van der Waals surface area (Å²) < 4.78 is 2.00. The number of rotatable bonds is 5. The summed E-state index contributed by atoms with van der Waals surface area (Å²) in [5.41, 5.74) is 6.36. The van der Waals surface area contributed by atoms with Crippen molar-refractivity contribution in [1.29, 1.82) is 0 Å². The van der Waals surface area contributed by atoms with Gasteiger partial charge in [0.05, 0.1) is 11.1 Å². The molecule has 2 aromatic heterocycles. The monoisotopic (exact) mass is 393 g/mol. The van der Waals surface area contributed by atoms with Crippen LogP contribution >= 0.6 is 0 Å². The van der Waals surface area contributed by atoms with Crippen LogP contribution in [0.25, 0.3) is 16.7 Å². The Balaban J connectivity index is 1.58. The second-order valence-corrected chi connectivity index (χ2v) is 8.32. The standard InChI is InChI=1S/C22H27N5O2/c1-22(2,29)17-4-3-5-18-16(17)11-13-27(18)19-10-12-24-21(26-19)25-15-8-6-14(7-9-15)20(23)28/h3-5,10-15,29H,6-9H2,1-2H3,(H2,23,28)(H,24,25,26). The molecule has 1 amide bonds. The van der Waals surface area contributed by atoms with Gasteiger partial charge in [0.1, 0.15) is 5.82 Å². The minimum Gasteiger partial charge on any atom is -0.386 e. The van der Waals surface area contributed by atoms with E-state index in [1.54, 1.807) is 20.0 Å². The van der Waals surface area contributed by atoms with Gasteiger partial charge in [-0.15, -0.1) is 0 Å². The molecule has 7 nitrogen and oxygen atoms in total. The molecule has 1 aliphatic carbocycles. The van der Waals surface area contributed by atoms with Crippen LogP contribution in [0.5, 0.6) is 0 Å². The molecule has 0 aliphatic heterocycles. The van der Waals surface area contributed by atoms with Crippen LogP contribution in [-0.2, 0) is 10.4 Å². The van der Waals surface area contributed by atoms with Gasteiger partial charge in [-0.05, 0) is 63.3 Å². The van der Waals surface area contributed by atoms with Gasteiger partial charge < -0.3 is 20.7 Å². The van der Waals surface area contributed by atoms with Crippen molar-refractivity contribution in [2.24, 2.45) is 11.7 Å². The highest BCUT2D eigenvalue weighted by Gasteiger charge is 2.25. The quantitative estimate of drug-likeness (QED) is 0.618. The lowest BCUT2D eigenvalue weighted by molar-refractivity contribution is -0.122. The molecule has 4 N–H and O–H groups in total. The highest BCUT2D eigenvalue weighted by Crippen LogP contribution is 2.30. The summed E-state index contributed by atoms with van der Waals surface area (Å²) in [6.45, 7) is 3.58. The molecule has 1 aliphatic rings. The average Bonchev–Trinajstić information content (AvgIpc) is 3.12. The van der Waals surface area contributed by atoms with E-state index in [9.17, 15) is 9.90 Å². The lowest BCUT2D eigenvalue weighted by Gasteiger charge is -2.27. The van der Waals surface area contributed by atoms with Crippen LogP contribution in [0.15, 0.2) is 42.7 Å². The first-order valence-corrected chi connectivity index (χ1v) is 10.0. The Morgan fingerprint density at radius 2 is 1.97 bits per heavy atom. The zero-order valence-electron chi connectivity index (χ0n) is 16.8. The number of carbonyl (C=O) groups excluding carboxylic acids is 1. The van der Waals surface area contributed by atoms with Crippen LogP contribution in [0.4, 0.5) is 5.95 Å². The fraction of sp³-hybridized carbons (Fsp3) is 0.409. The topological polar surface area (TPSA) is 106 Å². The van der Waals surface area contributed by atoms with Gasteiger partial charge in [0.2, 0.25) is 11.9 Å². The number of fused-ring (bicyclic) bond motifs is 1. The summed E-state index contributed by atoms with van der Waals surface area (Å²) in [6.07, 6.45) is 7.06. The zero-order valence-corrected chi connectivity index (χ0v) is 16.8. The van der Waals surface area contributed by atoms with Gasteiger partial charge in [-0.1, -0.05) is 12.1 Å². The first-order chi connectivity index (χ1) is 13.8. The highest BCUT2D eigenvalue weighted by atomic mass is 16.3. The van der Waals surface area contributed by atoms with Gasteiger partial charge in [0.25, 0.3) is 0 Å². The van der Waals surface area contributed by atoms with Crippen molar-refractivity contribution in [2.45, 2.75) is 51.2 Å². The van der Waals surface area contributed by atoms with Gasteiger partial charge in [0, 0.05) is 29.7 Å². The molecule has 0 saturated heterocycles. The maximum Gasteiger partial charge on any atom is 0.224 e. The fourth-order valence-corrected chi connectivity index (χ4v) is 4.16. The van der Waals surface area contributed by atoms with E-state index in [1.807, 2.05) is 41.1 Å². The van der Waals surface area contributed by atoms with Crippen LogP contribution in [0, 0.1) is 5.92 Å². The van der Waals surface area contributed by atoms with Gasteiger partial charge in [-0.2, -0.15) is 4.98 Å². The Hall–Kier alpha value is -2.93. The summed E-state index contributed by atoms with van der Waals surface area (Å²) in [4.78, 5) is 20.4. The van der Waals surface area contributed by atoms with E-state index in [2.05, 4.69) is 10.3 Å². The molecule has 4 rings (SSSR count). The average molecular weight is 393 g/mol. The Morgan fingerprint density at radius 3 is 2.66 bits per heavy atom. The first kappa shape index (κ1) is 19.4. The smallest absolute Gasteiger partial charge is 0.224 e. The summed E-state index contributed by atoms with van der Waals surface area (Å²) in [5, 5.41) is 14.9. The first-order valence-electron chi connectivity index (χ1n) is 10.0. The second-order valence-electron chi connectivity index (χ2n) is 8.32. The predicted molar refractivity (Wildman–Crippen MR) is 113 cm³/mol. The van der Waals surface area contributed by atoms with Crippen LogP contribution in [0.3, 0.4) is 0 Å². The second kappa shape index (κ2) is 7.48. The minimum atomic E-state index is -0.923. The van der Waals surface area contributed by atoms with E-state index in [1.165, 1.54) is 0 Å². The molecular formula is C22H27N5O2. The van der Waals surface area contributed by atoms with Crippen LogP contribution < -0.4 is 11.1 Å². The number of aliphatic hydroxyl groups is 1. The number of aromatic nitrogens is 3. The van der Waals surface area contributed by atoms with Gasteiger partial charge >= 0.3 is 0 Å². The van der Waals surface area contributed by atoms with Crippen LogP contribution in [-0.4, -0.2) is 31.6 Å². The zero-order chi connectivity index (χ0) is 20.6. The number of primary amides is 1. The molecule has 0 atom stereocenters. The van der Waals surface area contributed by atoms with Crippen molar-refractivity contribution < 1.29 is 9.90 Å². The number of nitrogens with zero attached hydrogens (tertiary/aromatic N) is 3. The molecule has 29 heavy (non-hydrogen) atoms. The van der Waals surface area contributed by atoms with Gasteiger partial charge in [0.15, 0.2) is 0 Å². The van der Waals surface area contributed by atoms with Crippen molar-refractivity contribution in [3.8, 4) is 5.82 Å². The Kier molecular flexibility index (Phi) is 5.00. The molecule has 152 valence electrons. The lowest BCUT2D eigenvalue weighted by Crippen LogP contribution is -2.32. The third-order valence-corrected chi connectivity index (χ3v) is 5.74. The van der Waals surface area contributed by atoms with E-state index in [-0.39, 0.29) is 17.9 Å². The van der Waals surface area contributed by atoms with Crippen molar-refractivity contribution >= 4 is 22.8 Å².